The first-order chi connectivity index (χ1) is 16.8. The molecule has 10 heteroatoms. The molecule has 0 saturated heterocycles. The molecule has 0 aliphatic carbocycles. The second-order valence-corrected chi connectivity index (χ2v) is 8.99. The molecule has 6 N–H and O–H groups in total. The maximum absolute atomic E-state index is 12.7. The number of carboxylic acids is 1. The van der Waals surface area contributed by atoms with Crippen LogP contribution in [0, 0.1) is 0 Å². The van der Waals surface area contributed by atoms with Crippen LogP contribution < -0.4 is 21.7 Å². The monoisotopic (exact) mass is 500 g/mol. The molecule has 2 rings (SSSR count). The van der Waals surface area contributed by atoms with Gasteiger partial charge in [-0.1, -0.05) is 60.7 Å². The Morgan fingerprint density at radius 1 is 0.857 bits per heavy atom. The lowest BCUT2D eigenvalue weighted by Gasteiger charge is -2.21. The third-order valence-electron chi connectivity index (χ3n) is 5.22. The number of hydrogen-bond donors (Lipinski definition) is 5. The molecular weight excluding hydrogens is 468 g/mol. The molecule has 188 valence electrons. The van der Waals surface area contributed by atoms with E-state index in [1.165, 1.54) is 11.8 Å². The van der Waals surface area contributed by atoms with Crippen LogP contribution in [0.15, 0.2) is 60.7 Å². The fourth-order valence-corrected chi connectivity index (χ4v) is 3.80. The fourth-order valence-electron chi connectivity index (χ4n) is 3.33. The third-order valence-corrected chi connectivity index (χ3v) is 5.86. The van der Waals surface area contributed by atoms with Crippen molar-refractivity contribution < 1.29 is 24.3 Å². The van der Waals surface area contributed by atoms with Crippen molar-refractivity contribution in [3.05, 3.63) is 71.8 Å². The number of thioether (sulfide) groups is 1. The van der Waals surface area contributed by atoms with Gasteiger partial charge in [0.1, 0.15) is 12.1 Å². The summed E-state index contributed by atoms with van der Waals surface area (Å²) in [5.74, 6) is -2.21. The molecule has 0 saturated carbocycles. The van der Waals surface area contributed by atoms with Crippen LogP contribution in [0.4, 0.5) is 0 Å². The summed E-state index contributed by atoms with van der Waals surface area (Å²) in [6, 6.07) is 15.4. The van der Waals surface area contributed by atoms with Gasteiger partial charge in [-0.15, -0.1) is 0 Å². The van der Waals surface area contributed by atoms with Crippen LogP contribution in [0.3, 0.4) is 0 Å². The molecule has 35 heavy (non-hydrogen) atoms. The second kappa shape index (κ2) is 14.8. The van der Waals surface area contributed by atoms with Crippen molar-refractivity contribution in [2.45, 2.75) is 37.4 Å². The minimum Gasteiger partial charge on any atom is -0.480 e. The number of aliphatic carboxylic acids is 1. The molecule has 0 aliphatic rings. The zero-order valence-corrected chi connectivity index (χ0v) is 20.4. The normalized spacial score (nSPS) is 13.2. The standard InChI is InChI=1S/C25H32N4O5S/c1-35-13-12-20(29-23(31)19(26)14-17-8-4-2-5-9-17)24(32)27-16-22(30)28-21(25(33)34)15-18-10-6-3-7-11-18/h2-11,19-21H,12-16,26H2,1H3,(H,27,32)(H,28,30)(H,29,31)(H,33,34). The number of rotatable bonds is 14. The minimum atomic E-state index is -1.17. The van der Waals surface area contributed by atoms with E-state index < -0.39 is 48.4 Å². The highest BCUT2D eigenvalue weighted by Gasteiger charge is 2.25. The van der Waals surface area contributed by atoms with E-state index in [2.05, 4.69) is 16.0 Å². The summed E-state index contributed by atoms with van der Waals surface area (Å²) in [6.07, 6.45) is 2.67. The van der Waals surface area contributed by atoms with Crippen LogP contribution in [0.2, 0.25) is 0 Å². The quantitative estimate of drug-likeness (QED) is 0.256. The van der Waals surface area contributed by atoms with Gasteiger partial charge in [0.05, 0.1) is 12.6 Å². The lowest BCUT2D eigenvalue weighted by atomic mass is 10.1. The van der Waals surface area contributed by atoms with E-state index in [9.17, 15) is 24.3 Å². The Kier molecular flexibility index (Phi) is 11.8. The van der Waals surface area contributed by atoms with Crippen molar-refractivity contribution in [2.24, 2.45) is 5.73 Å². The molecule has 0 spiro atoms. The molecule has 2 aromatic carbocycles. The number of carbonyl (C=O) groups excluding carboxylic acids is 3. The van der Waals surface area contributed by atoms with Gasteiger partial charge in [-0.05, 0) is 36.0 Å². The number of nitrogens with one attached hydrogen (secondary N) is 3. The first-order valence-corrected chi connectivity index (χ1v) is 12.6. The Bertz CT molecular complexity index is 974. The summed E-state index contributed by atoms with van der Waals surface area (Å²) in [5.41, 5.74) is 7.69. The van der Waals surface area contributed by atoms with Gasteiger partial charge < -0.3 is 26.8 Å². The predicted octanol–water partition coefficient (Wildman–Crippen LogP) is 0.723. The van der Waals surface area contributed by atoms with Gasteiger partial charge in [0.2, 0.25) is 17.7 Å². The maximum Gasteiger partial charge on any atom is 0.326 e. The van der Waals surface area contributed by atoms with E-state index in [4.69, 9.17) is 5.73 Å². The summed E-state index contributed by atoms with van der Waals surface area (Å²) in [7, 11) is 0. The molecule has 3 unspecified atom stereocenters. The van der Waals surface area contributed by atoms with Crippen LogP contribution in [0.5, 0.6) is 0 Å². The van der Waals surface area contributed by atoms with Crippen molar-refractivity contribution in [1.29, 1.82) is 0 Å². The van der Waals surface area contributed by atoms with Crippen molar-refractivity contribution in [3.63, 3.8) is 0 Å². The van der Waals surface area contributed by atoms with E-state index in [0.29, 0.717) is 18.6 Å². The molecule has 0 bridgehead atoms. The third kappa shape index (κ3) is 10.2. The number of carboxylic acid groups (broad SMARTS) is 1. The summed E-state index contributed by atoms with van der Waals surface area (Å²) in [5, 5.41) is 17.0. The van der Waals surface area contributed by atoms with E-state index in [-0.39, 0.29) is 6.42 Å². The smallest absolute Gasteiger partial charge is 0.326 e. The van der Waals surface area contributed by atoms with Crippen molar-refractivity contribution >= 4 is 35.5 Å². The fraction of sp³-hybridized carbons (Fsp3) is 0.360. The summed E-state index contributed by atoms with van der Waals surface area (Å²) >= 11 is 1.52. The van der Waals surface area contributed by atoms with Crippen LogP contribution >= 0.6 is 11.8 Å². The Labute approximate surface area is 209 Å². The molecule has 0 aliphatic heterocycles. The summed E-state index contributed by atoms with van der Waals surface area (Å²) < 4.78 is 0. The zero-order valence-electron chi connectivity index (χ0n) is 19.6. The highest BCUT2D eigenvalue weighted by molar-refractivity contribution is 7.98. The molecule has 0 heterocycles. The van der Waals surface area contributed by atoms with E-state index in [0.717, 1.165) is 11.1 Å². The first-order valence-electron chi connectivity index (χ1n) is 11.2. The Balaban J connectivity index is 1.89. The number of nitrogens with two attached hydrogens (primary N) is 1. The van der Waals surface area contributed by atoms with Crippen LogP contribution in [0.1, 0.15) is 17.5 Å². The first kappa shape index (κ1) is 27.9. The lowest BCUT2D eigenvalue weighted by Crippen LogP contribution is -2.54. The van der Waals surface area contributed by atoms with Gasteiger partial charge in [0.15, 0.2) is 0 Å². The summed E-state index contributed by atoms with van der Waals surface area (Å²) in [6.45, 7) is -0.418. The van der Waals surface area contributed by atoms with Crippen molar-refractivity contribution in [3.8, 4) is 0 Å². The number of benzene rings is 2. The lowest BCUT2D eigenvalue weighted by molar-refractivity contribution is -0.141. The molecule has 3 amide bonds. The second-order valence-electron chi connectivity index (χ2n) is 8.00. The van der Waals surface area contributed by atoms with Gasteiger partial charge in [-0.3, -0.25) is 14.4 Å². The predicted molar refractivity (Wildman–Crippen MR) is 136 cm³/mol. The van der Waals surface area contributed by atoms with Crippen molar-refractivity contribution in [1.82, 2.24) is 16.0 Å². The Morgan fingerprint density at radius 2 is 1.43 bits per heavy atom. The van der Waals surface area contributed by atoms with E-state index >= 15 is 0 Å². The SMILES string of the molecule is CSCCC(NC(=O)C(N)Cc1ccccc1)C(=O)NCC(=O)NC(Cc1ccccc1)C(=O)O. The molecular formula is C25H32N4O5S. The molecule has 3 atom stereocenters. The number of amides is 3. The minimum absolute atomic E-state index is 0.113. The Morgan fingerprint density at radius 3 is 1.97 bits per heavy atom. The van der Waals surface area contributed by atoms with Gasteiger partial charge in [-0.25, -0.2) is 4.79 Å². The van der Waals surface area contributed by atoms with E-state index in [1.807, 2.05) is 42.7 Å². The molecule has 0 fully saturated rings. The highest BCUT2D eigenvalue weighted by Crippen LogP contribution is 2.06. The van der Waals surface area contributed by atoms with Crippen LogP contribution in [-0.2, 0) is 32.0 Å². The molecule has 2 aromatic rings. The summed E-state index contributed by atoms with van der Waals surface area (Å²) in [4.78, 5) is 49.2. The topological polar surface area (TPSA) is 151 Å². The highest BCUT2D eigenvalue weighted by atomic mass is 32.2. The van der Waals surface area contributed by atoms with Crippen molar-refractivity contribution in [2.75, 3.05) is 18.6 Å². The van der Waals surface area contributed by atoms with Gasteiger partial charge in [0.25, 0.3) is 0 Å². The van der Waals surface area contributed by atoms with Gasteiger partial charge >= 0.3 is 5.97 Å². The molecule has 0 radical (unpaired) electrons. The number of hydrogen-bond acceptors (Lipinski definition) is 6. The zero-order chi connectivity index (χ0) is 25.6. The van der Waals surface area contributed by atoms with E-state index in [1.54, 1.807) is 24.3 Å². The molecule has 9 nitrogen and oxygen atoms in total. The van der Waals surface area contributed by atoms with Gasteiger partial charge in [-0.2, -0.15) is 11.8 Å². The average molecular weight is 501 g/mol. The molecule has 0 aromatic heterocycles. The van der Waals surface area contributed by atoms with Gasteiger partial charge in [0, 0.05) is 6.42 Å². The average Bonchev–Trinajstić information content (AvgIpc) is 2.85. The van der Waals surface area contributed by atoms with Crippen LogP contribution in [0.25, 0.3) is 0 Å². The largest absolute Gasteiger partial charge is 0.480 e. The maximum atomic E-state index is 12.7. The number of carbonyl (C=O) groups is 4. The van der Waals surface area contributed by atoms with Crippen LogP contribution in [-0.4, -0.2) is 65.5 Å². The Hall–Kier alpha value is -3.37.